The second-order valence-electron chi connectivity index (χ2n) is 15.3. The summed E-state index contributed by atoms with van der Waals surface area (Å²) in [6, 6.07) is 32.3. The van der Waals surface area contributed by atoms with Gasteiger partial charge in [0.25, 0.3) is 0 Å². The van der Waals surface area contributed by atoms with E-state index in [-0.39, 0.29) is 30.8 Å². The first kappa shape index (κ1) is 42.9. The highest BCUT2D eigenvalue weighted by molar-refractivity contribution is 5.99. The summed E-state index contributed by atoms with van der Waals surface area (Å²) in [5, 5.41) is 15.6. The molecule has 1 fully saturated rings. The maximum atomic E-state index is 13.1. The van der Waals surface area contributed by atoms with Crippen molar-refractivity contribution in [3.63, 3.8) is 0 Å². The number of nitrogens with one attached hydrogen (secondary N) is 2. The van der Waals surface area contributed by atoms with Gasteiger partial charge in [0.2, 0.25) is 0 Å². The molecule has 3 N–H and O–H groups in total. The molecular weight excluding hydrogens is 699 g/mol. The van der Waals surface area contributed by atoms with Crippen LogP contribution in [-0.4, -0.2) is 41.8 Å². The molecule has 5 rings (SSSR count). The number of rotatable bonds is 23. The number of hydrogen-bond acceptors (Lipinski definition) is 6. The van der Waals surface area contributed by atoms with E-state index in [0.717, 1.165) is 42.1 Å². The van der Waals surface area contributed by atoms with Crippen molar-refractivity contribution >= 4 is 17.4 Å². The Kier molecular flexibility index (Phi) is 18.2. The normalized spacial score (nSPS) is 18.2. The topological polar surface area (TPSA) is 92.3 Å². The number of unbranched alkanes of at least 4 members (excludes halogenated alkanes) is 10. The molecule has 0 aromatic heterocycles. The lowest BCUT2D eigenvalue weighted by molar-refractivity contribution is -0.276. The Morgan fingerprint density at radius 3 is 1.91 bits per heavy atom. The van der Waals surface area contributed by atoms with Crippen molar-refractivity contribution < 1.29 is 24.1 Å². The van der Waals surface area contributed by atoms with Crippen molar-refractivity contribution in [1.82, 2.24) is 4.90 Å². The molecule has 0 unspecified atom stereocenters. The smallest absolute Gasteiger partial charge is 0.323 e. The van der Waals surface area contributed by atoms with E-state index in [2.05, 4.69) is 48.4 Å². The zero-order chi connectivity index (χ0) is 39.4. The van der Waals surface area contributed by atoms with Crippen LogP contribution in [-0.2, 0) is 16.1 Å². The van der Waals surface area contributed by atoms with Crippen LogP contribution in [0.3, 0.4) is 0 Å². The Bertz CT molecular complexity index is 1670. The molecule has 2 amide bonds. The monoisotopic (exact) mass is 763 g/mol. The number of aliphatic hydroxyl groups excluding tert-OH is 1. The summed E-state index contributed by atoms with van der Waals surface area (Å²) >= 11 is 0. The third kappa shape index (κ3) is 14.1. The average molecular weight is 764 g/mol. The van der Waals surface area contributed by atoms with Crippen molar-refractivity contribution in [2.45, 2.75) is 123 Å². The molecule has 1 heterocycles. The first-order chi connectivity index (χ1) is 27.4. The van der Waals surface area contributed by atoms with Gasteiger partial charge in [0.15, 0.2) is 6.29 Å². The predicted octanol–water partition coefficient (Wildman–Crippen LogP) is 12.4. The van der Waals surface area contributed by atoms with Crippen molar-refractivity contribution in [3.8, 4) is 11.5 Å². The van der Waals surface area contributed by atoms with Crippen LogP contribution in [0.4, 0.5) is 16.2 Å². The highest BCUT2D eigenvalue weighted by atomic mass is 16.7. The fraction of sp³-hybridized carbons (Fsp3) is 0.479. The van der Waals surface area contributed by atoms with Gasteiger partial charge in [-0.3, -0.25) is 0 Å². The average Bonchev–Trinajstić information content (AvgIpc) is 3.22. The number of ether oxygens (including phenoxy) is 3. The number of aliphatic hydroxyl groups is 1. The molecule has 4 aromatic carbocycles. The van der Waals surface area contributed by atoms with Gasteiger partial charge in [0.1, 0.15) is 11.5 Å². The van der Waals surface area contributed by atoms with E-state index in [1.165, 1.54) is 77.0 Å². The standard InChI is InChI=1S/C48H65N3O5/c1-4-6-8-10-12-17-32-51(33-18-13-11-9-7-5-2)35-45-37(3)46(39-26-24-38(36-52)25-27-39)56-47(55-45)40-20-19-21-42(34-40)50-48(53)49-41-28-30-44(31-29-41)54-43-22-15-14-16-23-43/h14-16,19-31,34,37,45-47,52H,4-13,17-18,32-33,35-36H2,1-3H3,(H2,49,50,53)/t37-,45+,46+,47+/m0/s1. The highest BCUT2D eigenvalue weighted by Gasteiger charge is 2.39. The molecule has 0 bridgehead atoms. The molecule has 0 saturated carbocycles. The van der Waals surface area contributed by atoms with E-state index in [9.17, 15) is 9.90 Å². The number of urea groups is 1. The van der Waals surface area contributed by atoms with Gasteiger partial charge in [-0.15, -0.1) is 0 Å². The maximum Gasteiger partial charge on any atom is 0.323 e. The van der Waals surface area contributed by atoms with Crippen molar-refractivity contribution in [3.05, 3.63) is 120 Å². The zero-order valence-corrected chi connectivity index (χ0v) is 34.0. The summed E-state index contributed by atoms with van der Waals surface area (Å²) in [7, 11) is 0. The van der Waals surface area contributed by atoms with Gasteiger partial charge in [0.05, 0.1) is 18.8 Å². The van der Waals surface area contributed by atoms with Gasteiger partial charge < -0.3 is 34.9 Å². The van der Waals surface area contributed by atoms with Crippen molar-refractivity contribution in [2.24, 2.45) is 5.92 Å². The minimum Gasteiger partial charge on any atom is -0.457 e. The molecule has 4 atom stereocenters. The Morgan fingerprint density at radius 2 is 1.27 bits per heavy atom. The number of carbonyl (C=O) groups is 1. The third-order valence-electron chi connectivity index (χ3n) is 10.7. The van der Waals surface area contributed by atoms with Crippen LogP contribution in [0.2, 0.25) is 0 Å². The first-order valence-electron chi connectivity index (χ1n) is 21.2. The summed E-state index contributed by atoms with van der Waals surface area (Å²) < 4.78 is 19.6. The zero-order valence-electron chi connectivity index (χ0n) is 34.0. The number of anilines is 2. The van der Waals surface area contributed by atoms with Crippen LogP contribution >= 0.6 is 0 Å². The molecule has 1 saturated heterocycles. The Morgan fingerprint density at radius 1 is 0.661 bits per heavy atom. The summed E-state index contributed by atoms with van der Waals surface area (Å²) in [6.07, 6.45) is 14.5. The quantitative estimate of drug-likeness (QED) is 0.0652. The van der Waals surface area contributed by atoms with Crippen molar-refractivity contribution in [2.75, 3.05) is 30.3 Å². The third-order valence-corrected chi connectivity index (χ3v) is 10.7. The molecule has 1 aliphatic heterocycles. The van der Waals surface area contributed by atoms with Gasteiger partial charge in [-0.2, -0.15) is 0 Å². The molecule has 302 valence electrons. The van der Waals surface area contributed by atoms with E-state index >= 15 is 0 Å². The summed E-state index contributed by atoms with van der Waals surface area (Å²) in [6.45, 7) is 9.77. The van der Waals surface area contributed by atoms with Crippen LogP contribution in [0.5, 0.6) is 11.5 Å². The molecule has 8 heteroatoms. The number of nitrogens with zero attached hydrogens (tertiary/aromatic N) is 1. The van der Waals surface area contributed by atoms with Crippen LogP contribution in [0.1, 0.15) is 127 Å². The number of carbonyl (C=O) groups excluding carboxylic acids is 1. The molecule has 8 nitrogen and oxygen atoms in total. The summed E-state index contributed by atoms with van der Waals surface area (Å²) in [5.41, 5.74) is 4.08. The van der Waals surface area contributed by atoms with Gasteiger partial charge in [-0.05, 0) is 85.6 Å². The van der Waals surface area contributed by atoms with Crippen LogP contribution in [0.15, 0.2) is 103 Å². The number of hydrogen-bond donors (Lipinski definition) is 3. The summed E-state index contributed by atoms with van der Waals surface area (Å²) in [4.78, 5) is 15.8. The lowest BCUT2D eigenvalue weighted by Crippen LogP contribution is -2.45. The van der Waals surface area contributed by atoms with E-state index in [1.807, 2.05) is 91.0 Å². The number of amides is 2. The number of para-hydroxylation sites is 1. The fourth-order valence-electron chi connectivity index (χ4n) is 7.40. The van der Waals surface area contributed by atoms with E-state index in [4.69, 9.17) is 14.2 Å². The van der Waals surface area contributed by atoms with E-state index in [1.54, 1.807) is 0 Å². The summed E-state index contributed by atoms with van der Waals surface area (Å²) in [5.74, 6) is 1.53. The lowest BCUT2D eigenvalue weighted by atomic mass is 9.90. The highest BCUT2D eigenvalue weighted by Crippen LogP contribution is 2.42. The molecule has 4 aromatic rings. The minimum atomic E-state index is -0.620. The molecule has 1 aliphatic rings. The minimum absolute atomic E-state index is 0.00290. The first-order valence-corrected chi connectivity index (χ1v) is 21.2. The second-order valence-corrected chi connectivity index (χ2v) is 15.3. The molecule has 0 aliphatic carbocycles. The van der Waals surface area contributed by atoms with E-state index in [0.29, 0.717) is 17.1 Å². The van der Waals surface area contributed by atoms with Gasteiger partial charge in [0, 0.05) is 29.4 Å². The molecule has 56 heavy (non-hydrogen) atoms. The Labute approximate surface area is 336 Å². The van der Waals surface area contributed by atoms with Gasteiger partial charge >= 0.3 is 6.03 Å². The largest absolute Gasteiger partial charge is 0.457 e. The van der Waals surface area contributed by atoms with E-state index < -0.39 is 6.29 Å². The predicted molar refractivity (Wildman–Crippen MR) is 228 cm³/mol. The molecular formula is C48H65N3O5. The van der Waals surface area contributed by atoms with Gasteiger partial charge in [-0.1, -0.05) is 140 Å². The van der Waals surface area contributed by atoms with Crippen LogP contribution < -0.4 is 15.4 Å². The second kappa shape index (κ2) is 23.8. The molecule has 0 spiro atoms. The molecule has 0 radical (unpaired) electrons. The van der Waals surface area contributed by atoms with Crippen LogP contribution in [0.25, 0.3) is 0 Å². The maximum absolute atomic E-state index is 13.1. The van der Waals surface area contributed by atoms with Crippen molar-refractivity contribution in [1.29, 1.82) is 0 Å². The lowest BCUT2D eigenvalue weighted by Gasteiger charge is -2.43. The number of benzene rings is 4. The fourth-order valence-corrected chi connectivity index (χ4v) is 7.40. The Balaban J connectivity index is 1.27. The van der Waals surface area contributed by atoms with Gasteiger partial charge in [-0.25, -0.2) is 4.79 Å². The SMILES string of the molecule is CCCCCCCCN(CCCCCCCC)C[C@H]1O[C@@H](c2cccc(NC(=O)Nc3ccc(Oc4ccccc4)cc3)c2)O[C@@H](c2ccc(CO)cc2)[C@H]1C. The van der Waals surface area contributed by atoms with Crippen LogP contribution in [0, 0.1) is 5.92 Å². The Hall–Kier alpha value is -4.21.